The Kier molecular flexibility index (Phi) is 5.72. The maximum absolute atomic E-state index is 14.2. The first-order valence-corrected chi connectivity index (χ1v) is 8.91. The molecule has 0 bridgehead atoms. The minimum Gasteiger partial charge on any atom is -0.465 e. The molecule has 0 N–H and O–H groups in total. The third kappa shape index (κ3) is 3.82. The van der Waals surface area contributed by atoms with Crippen LogP contribution in [0.2, 0.25) is 5.02 Å². The number of halogens is 5. The largest absolute Gasteiger partial charge is 0.465 e. The zero-order valence-electron chi connectivity index (χ0n) is 15.7. The number of hydrogen-bond acceptors (Lipinski definition) is 3. The molecule has 0 spiro atoms. The average molecular weight is 440 g/mol. The molecule has 0 atom stereocenters. The van der Waals surface area contributed by atoms with Gasteiger partial charge in [0.05, 0.1) is 28.8 Å². The lowest BCUT2D eigenvalue weighted by atomic mass is 10.0. The van der Waals surface area contributed by atoms with E-state index in [9.17, 15) is 27.2 Å². The third-order valence-electron chi connectivity index (χ3n) is 4.51. The van der Waals surface area contributed by atoms with Crippen LogP contribution in [0.25, 0.3) is 6.08 Å². The van der Waals surface area contributed by atoms with Crippen molar-refractivity contribution < 1.29 is 31.9 Å². The number of allylic oxidation sites excluding steroid dienone is 1. The Hall–Kier alpha value is -3.13. The second-order valence-electron chi connectivity index (χ2n) is 6.33. The molecule has 3 rings (SSSR count). The van der Waals surface area contributed by atoms with Gasteiger partial charge in [0.2, 0.25) is 0 Å². The summed E-state index contributed by atoms with van der Waals surface area (Å²) < 4.78 is 58.3. The van der Waals surface area contributed by atoms with E-state index in [1.807, 2.05) is 0 Å². The van der Waals surface area contributed by atoms with E-state index in [0.717, 1.165) is 42.4 Å². The van der Waals surface area contributed by atoms with Crippen LogP contribution in [0.15, 0.2) is 59.3 Å². The highest BCUT2D eigenvalue weighted by atomic mass is 35.5. The van der Waals surface area contributed by atoms with Crippen molar-refractivity contribution in [1.82, 2.24) is 0 Å². The van der Waals surface area contributed by atoms with Crippen molar-refractivity contribution in [2.45, 2.75) is 13.1 Å². The van der Waals surface area contributed by atoms with Gasteiger partial charge in [0.1, 0.15) is 5.82 Å². The Morgan fingerprint density at radius 3 is 2.43 bits per heavy atom. The van der Waals surface area contributed by atoms with Crippen LogP contribution < -0.4 is 4.90 Å². The van der Waals surface area contributed by atoms with Gasteiger partial charge in [-0.15, -0.1) is 0 Å². The fourth-order valence-corrected chi connectivity index (χ4v) is 3.32. The molecule has 0 fully saturated rings. The Balaban J connectivity index is 2.20. The fourth-order valence-electron chi connectivity index (χ4n) is 3.11. The number of alkyl halides is 3. The predicted octanol–water partition coefficient (Wildman–Crippen LogP) is 5.38. The number of esters is 1. The van der Waals surface area contributed by atoms with Crippen molar-refractivity contribution in [3.8, 4) is 0 Å². The van der Waals surface area contributed by atoms with E-state index in [0.29, 0.717) is 0 Å². The van der Waals surface area contributed by atoms with Gasteiger partial charge in [-0.3, -0.25) is 9.69 Å². The lowest BCUT2D eigenvalue weighted by Gasteiger charge is -2.19. The molecule has 0 radical (unpaired) electrons. The molecule has 0 aromatic heterocycles. The number of hydrogen-bond donors (Lipinski definition) is 0. The molecule has 4 nitrogen and oxygen atoms in total. The Morgan fingerprint density at radius 1 is 1.17 bits per heavy atom. The molecular formula is C21H14ClF4NO3. The second-order valence-corrected chi connectivity index (χ2v) is 6.74. The highest BCUT2D eigenvalue weighted by Gasteiger charge is 2.39. The number of ether oxygens (including phenoxy) is 1. The van der Waals surface area contributed by atoms with Crippen molar-refractivity contribution in [2.24, 2.45) is 0 Å². The number of carbonyl (C=O) groups excluding carboxylic acids is 2. The summed E-state index contributed by atoms with van der Waals surface area (Å²) in [6, 6.07) is 7.98. The zero-order valence-corrected chi connectivity index (χ0v) is 16.4. The molecule has 9 heteroatoms. The Bertz CT molecular complexity index is 1090. The SMILES string of the molecule is COC(=O)C1=C(C)N(c2cccc(C(F)(F)F)c2)C(=O)/C1=C\c1c(F)cccc1Cl. The molecule has 2 aromatic carbocycles. The molecule has 156 valence electrons. The minimum atomic E-state index is -4.62. The number of nitrogens with zero attached hydrogens (tertiary/aromatic N) is 1. The Labute approximate surface area is 174 Å². The molecule has 0 saturated carbocycles. The average Bonchev–Trinajstić information content (AvgIpc) is 2.93. The quantitative estimate of drug-likeness (QED) is 0.367. The summed E-state index contributed by atoms with van der Waals surface area (Å²) in [6.07, 6.45) is -3.54. The molecule has 0 aliphatic carbocycles. The van der Waals surface area contributed by atoms with E-state index >= 15 is 0 Å². The van der Waals surface area contributed by atoms with Crippen LogP contribution in [0, 0.1) is 5.82 Å². The number of carbonyl (C=O) groups is 2. The number of rotatable bonds is 3. The molecular weight excluding hydrogens is 426 g/mol. The van der Waals surface area contributed by atoms with E-state index < -0.39 is 29.4 Å². The van der Waals surface area contributed by atoms with Crippen LogP contribution in [-0.2, 0) is 20.5 Å². The summed E-state index contributed by atoms with van der Waals surface area (Å²) in [6.45, 7) is 1.38. The van der Waals surface area contributed by atoms with Crippen LogP contribution >= 0.6 is 11.6 Å². The van der Waals surface area contributed by atoms with Gasteiger partial charge in [0.15, 0.2) is 0 Å². The fraction of sp³-hybridized carbons (Fsp3) is 0.143. The standard InChI is InChI=1S/C21H14ClF4NO3/c1-11-18(20(29)30-2)15(10-14-16(22)7-4-8-17(14)23)19(28)27(11)13-6-3-5-12(9-13)21(24,25)26/h3-10H,1-2H3/b15-10-. The molecule has 2 aromatic rings. The van der Waals surface area contributed by atoms with Gasteiger partial charge in [-0.1, -0.05) is 23.7 Å². The summed E-state index contributed by atoms with van der Waals surface area (Å²) in [5.41, 5.74) is -1.60. The number of amides is 1. The van der Waals surface area contributed by atoms with Gasteiger partial charge in [-0.05, 0) is 43.3 Å². The van der Waals surface area contributed by atoms with Crippen LogP contribution in [0.3, 0.4) is 0 Å². The van der Waals surface area contributed by atoms with Crippen molar-refractivity contribution in [3.63, 3.8) is 0 Å². The summed E-state index contributed by atoms with van der Waals surface area (Å²) in [5.74, 6) is -2.44. The van der Waals surface area contributed by atoms with Crippen LogP contribution in [0.5, 0.6) is 0 Å². The predicted molar refractivity (Wildman–Crippen MR) is 103 cm³/mol. The molecule has 1 aliphatic heterocycles. The van der Waals surface area contributed by atoms with Crippen molar-refractivity contribution in [2.75, 3.05) is 12.0 Å². The van der Waals surface area contributed by atoms with E-state index in [4.69, 9.17) is 16.3 Å². The molecule has 30 heavy (non-hydrogen) atoms. The third-order valence-corrected chi connectivity index (χ3v) is 4.84. The van der Waals surface area contributed by atoms with E-state index in [1.165, 1.54) is 25.1 Å². The smallest absolute Gasteiger partial charge is 0.416 e. The van der Waals surface area contributed by atoms with Gasteiger partial charge < -0.3 is 4.74 Å². The first-order valence-electron chi connectivity index (χ1n) is 8.53. The molecule has 0 saturated heterocycles. The van der Waals surface area contributed by atoms with Crippen molar-refractivity contribution in [1.29, 1.82) is 0 Å². The van der Waals surface area contributed by atoms with E-state index in [2.05, 4.69) is 0 Å². The van der Waals surface area contributed by atoms with E-state index in [-0.39, 0.29) is 33.1 Å². The molecule has 1 heterocycles. The van der Waals surface area contributed by atoms with Gasteiger partial charge in [0, 0.05) is 16.9 Å². The number of anilines is 1. The maximum Gasteiger partial charge on any atom is 0.416 e. The lowest BCUT2D eigenvalue weighted by Crippen LogP contribution is -2.25. The second kappa shape index (κ2) is 7.95. The minimum absolute atomic E-state index is 0.00492. The number of benzene rings is 2. The van der Waals surface area contributed by atoms with Gasteiger partial charge in [-0.2, -0.15) is 13.2 Å². The highest BCUT2D eigenvalue weighted by Crippen LogP contribution is 2.38. The highest BCUT2D eigenvalue weighted by molar-refractivity contribution is 6.32. The van der Waals surface area contributed by atoms with Crippen LogP contribution in [-0.4, -0.2) is 19.0 Å². The maximum atomic E-state index is 14.2. The summed E-state index contributed by atoms with van der Waals surface area (Å²) >= 11 is 6.01. The Morgan fingerprint density at radius 2 is 1.83 bits per heavy atom. The van der Waals surface area contributed by atoms with Gasteiger partial charge >= 0.3 is 12.1 Å². The zero-order chi connectivity index (χ0) is 22.2. The van der Waals surface area contributed by atoms with E-state index in [1.54, 1.807) is 0 Å². The van der Waals surface area contributed by atoms with Gasteiger partial charge in [-0.25, -0.2) is 9.18 Å². The topological polar surface area (TPSA) is 46.6 Å². The summed E-state index contributed by atoms with van der Waals surface area (Å²) in [5, 5.41) is -0.00492. The monoisotopic (exact) mass is 439 g/mol. The molecule has 1 amide bonds. The lowest BCUT2D eigenvalue weighted by molar-refractivity contribution is -0.137. The van der Waals surface area contributed by atoms with Crippen molar-refractivity contribution >= 4 is 35.2 Å². The normalized spacial score (nSPS) is 15.9. The van der Waals surface area contributed by atoms with Crippen molar-refractivity contribution in [3.05, 3.63) is 81.3 Å². The van der Waals surface area contributed by atoms with Crippen LogP contribution in [0.4, 0.5) is 23.2 Å². The summed E-state index contributed by atoms with van der Waals surface area (Å²) in [7, 11) is 1.09. The van der Waals surface area contributed by atoms with Gasteiger partial charge in [0.25, 0.3) is 5.91 Å². The first kappa shape index (κ1) is 21.6. The summed E-state index contributed by atoms with van der Waals surface area (Å²) in [4.78, 5) is 26.4. The van der Waals surface area contributed by atoms with Crippen LogP contribution in [0.1, 0.15) is 18.1 Å². The molecule has 1 aliphatic rings. The number of methoxy groups -OCH3 is 1. The molecule has 0 unspecified atom stereocenters. The first-order chi connectivity index (χ1) is 14.1.